The molecule has 2 rings (SSSR count). The molecule has 0 bridgehead atoms. The van der Waals surface area contributed by atoms with E-state index in [1.807, 2.05) is 49.4 Å². The van der Waals surface area contributed by atoms with Crippen molar-refractivity contribution in [2.24, 2.45) is 0 Å². The molecule has 3 heteroatoms. The summed E-state index contributed by atoms with van der Waals surface area (Å²) in [6.45, 7) is 2.71. The third-order valence-electron chi connectivity index (χ3n) is 2.92. The summed E-state index contributed by atoms with van der Waals surface area (Å²) >= 11 is 0. The first-order valence-electron chi connectivity index (χ1n) is 6.78. The second-order valence-corrected chi connectivity index (χ2v) is 4.40. The first kappa shape index (κ1) is 14.7. The molecule has 0 spiro atoms. The number of benzene rings is 2. The minimum atomic E-state index is -0.366. The predicted octanol–water partition coefficient (Wildman–Crippen LogP) is 3.30. The van der Waals surface area contributed by atoms with Gasteiger partial charge in [0, 0.05) is 23.4 Å². The van der Waals surface area contributed by atoms with Gasteiger partial charge in [-0.2, -0.15) is 0 Å². The third kappa shape index (κ3) is 3.87. The van der Waals surface area contributed by atoms with E-state index in [4.69, 9.17) is 4.74 Å². The summed E-state index contributed by atoms with van der Waals surface area (Å²) in [5.41, 5.74) is 2.97. The maximum Gasteiger partial charge on any atom is 0.340 e. The van der Waals surface area contributed by atoms with Gasteiger partial charge >= 0.3 is 5.97 Å². The summed E-state index contributed by atoms with van der Waals surface area (Å²) in [4.78, 5) is 11.8. The minimum Gasteiger partial charge on any atom is -0.465 e. The molecule has 0 unspecified atom stereocenters. The van der Waals surface area contributed by atoms with Crippen LogP contribution in [0.4, 0.5) is 5.69 Å². The molecule has 0 heterocycles. The molecule has 0 aromatic heterocycles. The quantitative estimate of drug-likeness (QED) is 0.692. The number of carbonyl (C=O) groups excluding carboxylic acids is 1. The van der Waals surface area contributed by atoms with E-state index >= 15 is 0 Å². The number of anilines is 1. The van der Waals surface area contributed by atoms with Gasteiger partial charge in [-0.05, 0) is 37.3 Å². The summed E-state index contributed by atoms with van der Waals surface area (Å²) in [6.07, 6.45) is 0. The highest BCUT2D eigenvalue weighted by molar-refractivity contribution is 5.96. The van der Waals surface area contributed by atoms with E-state index in [9.17, 15) is 4.79 Å². The number of methoxy groups -OCH3 is 1. The average molecular weight is 279 g/mol. The lowest BCUT2D eigenvalue weighted by Gasteiger charge is -2.09. The zero-order valence-corrected chi connectivity index (χ0v) is 12.1. The smallest absolute Gasteiger partial charge is 0.340 e. The molecule has 0 aliphatic carbocycles. The van der Waals surface area contributed by atoms with Gasteiger partial charge in [0.1, 0.15) is 0 Å². The van der Waals surface area contributed by atoms with E-state index in [0.717, 1.165) is 23.4 Å². The molecule has 3 nitrogen and oxygen atoms in total. The van der Waals surface area contributed by atoms with E-state index < -0.39 is 0 Å². The normalized spacial score (nSPS) is 9.43. The fraction of sp³-hybridized carbons (Fsp3) is 0.167. The lowest BCUT2D eigenvalue weighted by molar-refractivity contribution is 0.0602. The van der Waals surface area contributed by atoms with Gasteiger partial charge in [-0.1, -0.05) is 30.0 Å². The van der Waals surface area contributed by atoms with Gasteiger partial charge in [-0.25, -0.2) is 4.79 Å². The van der Waals surface area contributed by atoms with Crippen molar-refractivity contribution >= 4 is 11.7 Å². The van der Waals surface area contributed by atoms with Crippen molar-refractivity contribution in [3.63, 3.8) is 0 Å². The second kappa shape index (κ2) is 7.16. The van der Waals surface area contributed by atoms with Crippen LogP contribution in [0.25, 0.3) is 0 Å². The molecule has 21 heavy (non-hydrogen) atoms. The molecular weight excluding hydrogens is 262 g/mol. The van der Waals surface area contributed by atoms with Crippen LogP contribution in [-0.4, -0.2) is 19.6 Å². The van der Waals surface area contributed by atoms with Crippen molar-refractivity contribution in [2.75, 3.05) is 19.0 Å². The van der Waals surface area contributed by atoms with Crippen LogP contribution >= 0.6 is 0 Å². The molecular formula is C18H17NO2. The van der Waals surface area contributed by atoms with E-state index in [0.29, 0.717) is 5.56 Å². The Morgan fingerprint density at radius 1 is 1.10 bits per heavy atom. The van der Waals surface area contributed by atoms with Crippen LogP contribution in [0.2, 0.25) is 0 Å². The Morgan fingerprint density at radius 2 is 1.81 bits per heavy atom. The number of hydrogen-bond acceptors (Lipinski definition) is 3. The molecule has 1 N–H and O–H groups in total. The molecule has 0 saturated carbocycles. The summed E-state index contributed by atoms with van der Waals surface area (Å²) in [6, 6.07) is 15.2. The van der Waals surface area contributed by atoms with Gasteiger partial charge in [0.25, 0.3) is 0 Å². The van der Waals surface area contributed by atoms with Gasteiger partial charge in [-0.3, -0.25) is 0 Å². The molecule has 2 aromatic carbocycles. The van der Waals surface area contributed by atoms with Gasteiger partial charge in [0.15, 0.2) is 0 Å². The highest BCUT2D eigenvalue weighted by Gasteiger charge is 2.11. The van der Waals surface area contributed by atoms with Crippen LogP contribution in [0.3, 0.4) is 0 Å². The fourth-order valence-corrected chi connectivity index (χ4v) is 1.91. The largest absolute Gasteiger partial charge is 0.465 e. The van der Waals surface area contributed by atoms with E-state index in [-0.39, 0.29) is 5.97 Å². The van der Waals surface area contributed by atoms with Crippen molar-refractivity contribution in [2.45, 2.75) is 6.92 Å². The minimum absolute atomic E-state index is 0.366. The SMILES string of the molecule is CCNc1ccc(C#Cc2ccccc2)cc1C(=O)OC. The first-order chi connectivity index (χ1) is 10.2. The fourth-order valence-electron chi connectivity index (χ4n) is 1.91. The Morgan fingerprint density at radius 3 is 2.48 bits per heavy atom. The number of rotatable bonds is 3. The molecule has 0 fully saturated rings. The summed E-state index contributed by atoms with van der Waals surface area (Å²) in [5, 5.41) is 3.14. The summed E-state index contributed by atoms with van der Waals surface area (Å²) < 4.78 is 4.81. The lowest BCUT2D eigenvalue weighted by Crippen LogP contribution is -2.08. The average Bonchev–Trinajstić information content (AvgIpc) is 2.54. The zero-order chi connectivity index (χ0) is 15.1. The number of carbonyl (C=O) groups is 1. The monoisotopic (exact) mass is 279 g/mol. The van der Waals surface area contributed by atoms with Crippen molar-refractivity contribution in [3.8, 4) is 11.8 Å². The van der Waals surface area contributed by atoms with Crippen LogP contribution in [0, 0.1) is 11.8 Å². The van der Waals surface area contributed by atoms with Crippen LogP contribution in [-0.2, 0) is 4.74 Å². The standard InChI is InChI=1S/C18H17NO2/c1-3-19-17-12-11-15(13-16(17)18(20)21-2)10-9-14-7-5-4-6-8-14/h4-8,11-13,19H,3H2,1-2H3. The van der Waals surface area contributed by atoms with Crippen LogP contribution < -0.4 is 5.32 Å². The van der Waals surface area contributed by atoms with Crippen molar-refractivity contribution in [3.05, 3.63) is 65.2 Å². The number of esters is 1. The molecule has 0 amide bonds. The van der Waals surface area contributed by atoms with Gasteiger partial charge in [-0.15, -0.1) is 0 Å². The highest BCUT2D eigenvalue weighted by atomic mass is 16.5. The van der Waals surface area contributed by atoms with E-state index in [1.165, 1.54) is 7.11 Å². The molecule has 0 aliphatic heterocycles. The number of ether oxygens (including phenoxy) is 1. The van der Waals surface area contributed by atoms with Gasteiger partial charge < -0.3 is 10.1 Å². The molecule has 0 radical (unpaired) electrons. The zero-order valence-electron chi connectivity index (χ0n) is 12.1. The molecule has 106 valence electrons. The maximum atomic E-state index is 11.8. The van der Waals surface area contributed by atoms with Crippen molar-refractivity contribution in [1.82, 2.24) is 0 Å². The van der Waals surface area contributed by atoms with Crippen LogP contribution in [0.15, 0.2) is 48.5 Å². The molecule has 2 aromatic rings. The Labute approximate surface area is 125 Å². The van der Waals surface area contributed by atoms with Gasteiger partial charge in [0.2, 0.25) is 0 Å². The summed E-state index contributed by atoms with van der Waals surface area (Å²) in [7, 11) is 1.38. The summed E-state index contributed by atoms with van der Waals surface area (Å²) in [5.74, 6) is 5.77. The predicted molar refractivity (Wildman–Crippen MR) is 84.4 cm³/mol. The molecule has 0 saturated heterocycles. The number of hydrogen-bond donors (Lipinski definition) is 1. The Bertz CT molecular complexity index is 681. The van der Waals surface area contributed by atoms with Crippen molar-refractivity contribution in [1.29, 1.82) is 0 Å². The van der Waals surface area contributed by atoms with E-state index in [1.54, 1.807) is 6.07 Å². The molecule has 0 atom stereocenters. The topological polar surface area (TPSA) is 38.3 Å². The van der Waals surface area contributed by atoms with E-state index in [2.05, 4.69) is 17.2 Å². The number of nitrogens with one attached hydrogen (secondary N) is 1. The Kier molecular flexibility index (Phi) is 5.00. The van der Waals surface area contributed by atoms with Gasteiger partial charge in [0.05, 0.1) is 12.7 Å². The third-order valence-corrected chi connectivity index (χ3v) is 2.92. The van der Waals surface area contributed by atoms with Crippen LogP contribution in [0.5, 0.6) is 0 Å². The molecule has 0 aliphatic rings. The Hall–Kier alpha value is -2.73. The maximum absolute atomic E-state index is 11.8. The first-order valence-corrected chi connectivity index (χ1v) is 6.78. The van der Waals surface area contributed by atoms with Crippen LogP contribution in [0.1, 0.15) is 28.4 Å². The highest BCUT2D eigenvalue weighted by Crippen LogP contribution is 2.18. The lowest BCUT2D eigenvalue weighted by atomic mass is 10.1. The Balaban J connectivity index is 2.34. The second-order valence-electron chi connectivity index (χ2n) is 4.40. The van der Waals surface area contributed by atoms with Crippen molar-refractivity contribution < 1.29 is 9.53 Å².